The van der Waals surface area contributed by atoms with E-state index in [4.69, 9.17) is 9.47 Å². The number of hydrogen-bond acceptors (Lipinski definition) is 5. The summed E-state index contributed by atoms with van der Waals surface area (Å²) in [5, 5.41) is 0. The van der Waals surface area contributed by atoms with Crippen molar-refractivity contribution in [1.29, 1.82) is 0 Å². The fourth-order valence-electron chi connectivity index (χ4n) is 2.81. The van der Waals surface area contributed by atoms with Crippen LogP contribution >= 0.6 is 0 Å². The molecule has 3 aromatic rings. The Morgan fingerprint density at radius 2 is 1.39 bits per heavy atom. The van der Waals surface area contributed by atoms with Gasteiger partial charge in [0, 0.05) is 23.8 Å². The molecule has 33 heavy (non-hydrogen) atoms. The lowest BCUT2D eigenvalue weighted by Crippen LogP contribution is -2.04. The van der Waals surface area contributed by atoms with E-state index >= 15 is 0 Å². The van der Waals surface area contributed by atoms with Crippen molar-refractivity contribution in [3.63, 3.8) is 0 Å². The minimum absolute atomic E-state index is 0.196. The molecule has 3 aromatic carbocycles. The molecular weight excluding hydrogens is 430 g/mol. The van der Waals surface area contributed by atoms with Gasteiger partial charge in [-0.25, -0.2) is 18.4 Å². The van der Waals surface area contributed by atoms with Gasteiger partial charge in [-0.05, 0) is 41.0 Å². The first-order valence-electron chi connectivity index (χ1n) is 9.60. The standard InChI is InChI=1S/C26H18F2O5/c1-3-25(29)32-14-13-31-20-10-11-21(22(27)16-20)18-7-5-17(6-8-18)19-9-12-24(23(28)15-19)33-26(30)4-2/h3-16H,1-2H2/b14-13-. The zero-order chi connectivity index (χ0) is 23.8. The van der Waals surface area contributed by atoms with Crippen LogP contribution < -0.4 is 9.47 Å². The Morgan fingerprint density at radius 1 is 0.727 bits per heavy atom. The van der Waals surface area contributed by atoms with E-state index < -0.39 is 23.6 Å². The van der Waals surface area contributed by atoms with Crippen LogP contribution in [0.4, 0.5) is 8.78 Å². The molecule has 5 nitrogen and oxygen atoms in total. The van der Waals surface area contributed by atoms with Gasteiger partial charge in [0.1, 0.15) is 24.1 Å². The summed E-state index contributed by atoms with van der Waals surface area (Å²) in [7, 11) is 0. The molecule has 166 valence electrons. The maximum absolute atomic E-state index is 14.6. The lowest BCUT2D eigenvalue weighted by molar-refractivity contribution is -0.132. The van der Waals surface area contributed by atoms with Gasteiger partial charge in [-0.3, -0.25) is 0 Å². The number of ether oxygens (including phenoxy) is 3. The van der Waals surface area contributed by atoms with Crippen LogP contribution in [0.2, 0.25) is 0 Å². The van der Waals surface area contributed by atoms with Crippen LogP contribution in [0.1, 0.15) is 0 Å². The molecule has 0 saturated heterocycles. The first-order valence-corrected chi connectivity index (χ1v) is 9.60. The molecule has 0 bridgehead atoms. The minimum Gasteiger partial charge on any atom is -0.462 e. The molecule has 0 aliphatic rings. The van der Waals surface area contributed by atoms with Crippen LogP contribution in [0.25, 0.3) is 22.3 Å². The maximum atomic E-state index is 14.6. The fourth-order valence-corrected chi connectivity index (χ4v) is 2.81. The highest BCUT2D eigenvalue weighted by Crippen LogP contribution is 2.30. The van der Waals surface area contributed by atoms with Gasteiger partial charge in [0.2, 0.25) is 0 Å². The van der Waals surface area contributed by atoms with Gasteiger partial charge >= 0.3 is 11.9 Å². The lowest BCUT2D eigenvalue weighted by Gasteiger charge is -2.09. The van der Waals surface area contributed by atoms with E-state index in [9.17, 15) is 18.4 Å². The van der Waals surface area contributed by atoms with Crippen LogP contribution in [0.15, 0.2) is 98.5 Å². The first kappa shape index (κ1) is 23.1. The van der Waals surface area contributed by atoms with E-state index in [-0.39, 0.29) is 11.5 Å². The second-order valence-corrected chi connectivity index (χ2v) is 6.52. The van der Waals surface area contributed by atoms with Crippen LogP contribution in [-0.2, 0) is 14.3 Å². The van der Waals surface area contributed by atoms with E-state index in [1.54, 1.807) is 42.5 Å². The quantitative estimate of drug-likeness (QED) is 0.184. The summed E-state index contributed by atoms with van der Waals surface area (Å²) in [4.78, 5) is 22.2. The van der Waals surface area contributed by atoms with Crippen LogP contribution in [0.5, 0.6) is 11.5 Å². The highest BCUT2D eigenvalue weighted by Gasteiger charge is 2.11. The van der Waals surface area contributed by atoms with Crippen molar-refractivity contribution in [3.8, 4) is 33.8 Å². The molecule has 0 unspecified atom stereocenters. The van der Waals surface area contributed by atoms with Gasteiger partial charge < -0.3 is 14.2 Å². The maximum Gasteiger partial charge on any atom is 0.335 e. The van der Waals surface area contributed by atoms with Crippen molar-refractivity contribution in [2.45, 2.75) is 0 Å². The predicted octanol–water partition coefficient (Wildman–Crippen LogP) is 5.97. The second kappa shape index (κ2) is 10.7. The molecule has 0 aromatic heterocycles. The molecule has 0 saturated carbocycles. The second-order valence-electron chi connectivity index (χ2n) is 6.52. The zero-order valence-electron chi connectivity index (χ0n) is 17.3. The van der Waals surface area contributed by atoms with Crippen LogP contribution in [-0.4, -0.2) is 11.9 Å². The first-order chi connectivity index (χ1) is 15.9. The van der Waals surface area contributed by atoms with Crippen molar-refractivity contribution in [2.75, 3.05) is 0 Å². The Kier molecular flexibility index (Phi) is 7.49. The molecule has 0 fully saturated rings. The zero-order valence-corrected chi connectivity index (χ0v) is 17.3. The predicted molar refractivity (Wildman–Crippen MR) is 119 cm³/mol. The summed E-state index contributed by atoms with van der Waals surface area (Å²) in [5.41, 5.74) is 2.20. The third-order valence-corrected chi connectivity index (χ3v) is 4.39. The van der Waals surface area contributed by atoms with Gasteiger partial charge in [0.25, 0.3) is 0 Å². The average Bonchev–Trinajstić information content (AvgIpc) is 2.83. The smallest absolute Gasteiger partial charge is 0.335 e. The van der Waals surface area contributed by atoms with Crippen molar-refractivity contribution < 1.29 is 32.6 Å². The summed E-state index contributed by atoms with van der Waals surface area (Å²) in [6.07, 6.45) is 4.07. The fraction of sp³-hybridized carbons (Fsp3) is 0. The summed E-state index contributed by atoms with van der Waals surface area (Å²) in [6, 6.07) is 15.4. The number of esters is 2. The molecule has 0 aliphatic heterocycles. The Balaban J connectivity index is 1.73. The Bertz CT molecular complexity index is 1230. The minimum atomic E-state index is -0.753. The van der Waals surface area contributed by atoms with Gasteiger partial charge in [0.05, 0.1) is 0 Å². The van der Waals surface area contributed by atoms with E-state index in [0.29, 0.717) is 22.3 Å². The van der Waals surface area contributed by atoms with Crippen molar-refractivity contribution in [3.05, 3.63) is 110 Å². The van der Waals surface area contributed by atoms with E-state index in [1.165, 1.54) is 18.2 Å². The van der Waals surface area contributed by atoms with Crippen LogP contribution in [0, 0.1) is 11.6 Å². The number of carbonyl (C=O) groups is 2. The number of benzene rings is 3. The normalized spacial score (nSPS) is 10.5. The van der Waals surface area contributed by atoms with Gasteiger partial charge in [0.15, 0.2) is 11.6 Å². The molecule has 0 N–H and O–H groups in total. The average molecular weight is 448 g/mol. The number of carbonyl (C=O) groups excluding carboxylic acids is 2. The molecule has 3 rings (SSSR count). The summed E-state index contributed by atoms with van der Waals surface area (Å²) < 4.78 is 43.4. The number of rotatable bonds is 8. The third-order valence-electron chi connectivity index (χ3n) is 4.39. The van der Waals surface area contributed by atoms with Gasteiger partial charge in [-0.2, -0.15) is 0 Å². The Morgan fingerprint density at radius 3 is 2.03 bits per heavy atom. The topological polar surface area (TPSA) is 61.8 Å². The molecule has 0 spiro atoms. The number of halogens is 2. The van der Waals surface area contributed by atoms with E-state index in [2.05, 4.69) is 17.9 Å². The van der Waals surface area contributed by atoms with E-state index in [0.717, 1.165) is 24.7 Å². The van der Waals surface area contributed by atoms with Crippen molar-refractivity contribution in [1.82, 2.24) is 0 Å². The summed E-state index contributed by atoms with van der Waals surface area (Å²) in [5.74, 6) is -2.59. The molecule has 0 atom stereocenters. The van der Waals surface area contributed by atoms with Gasteiger partial charge in [-0.15, -0.1) is 0 Å². The molecule has 0 aliphatic carbocycles. The Hall–Kier alpha value is -4.52. The lowest BCUT2D eigenvalue weighted by atomic mass is 10.00. The highest BCUT2D eigenvalue weighted by atomic mass is 19.1. The summed E-state index contributed by atoms with van der Waals surface area (Å²) in [6.45, 7) is 6.52. The SMILES string of the molecule is C=CC(=O)O/C=C\Oc1ccc(-c2ccc(-c3ccc(OC(=O)C=C)c(F)c3)cc2)c(F)c1. The van der Waals surface area contributed by atoms with Crippen molar-refractivity contribution in [2.24, 2.45) is 0 Å². The van der Waals surface area contributed by atoms with E-state index in [1.807, 2.05) is 0 Å². The van der Waals surface area contributed by atoms with Crippen molar-refractivity contribution >= 4 is 11.9 Å². The molecular formula is C26H18F2O5. The van der Waals surface area contributed by atoms with Crippen LogP contribution in [0.3, 0.4) is 0 Å². The Labute approximate surface area is 188 Å². The molecule has 0 amide bonds. The van der Waals surface area contributed by atoms with Gasteiger partial charge in [-0.1, -0.05) is 43.5 Å². The summed E-state index contributed by atoms with van der Waals surface area (Å²) >= 11 is 0. The number of hydrogen-bond donors (Lipinski definition) is 0. The third kappa shape index (κ3) is 6.01. The largest absolute Gasteiger partial charge is 0.462 e. The molecule has 7 heteroatoms. The highest BCUT2D eigenvalue weighted by molar-refractivity contribution is 5.83. The monoisotopic (exact) mass is 448 g/mol. The molecule has 0 heterocycles. The molecule has 0 radical (unpaired) electrons.